The second-order valence-corrected chi connectivity index (χ2v) is 9.70. The number of aliphatic carboxylic acids is 1. The van der Waals surface area contributed by atoms with Gasteiger partial charge in [0.25, 0.3) is 0 Å². The van der Waals surface area contributed by atoms with Gasteiger partial charge in [0.15, 0.2) is 5.78 Å². The molecule has 1 aliphatic rings. The van der Waals surface area contributed by atoms with Crippen LogP contribution in [0.15, 0.2) is 78.9 Å². The highest BCUT2D eigenvalue weighted by atomic mass is 19.1. The number of halogens is 1. The number of hydrogen-bond acceptors (Lipinski definition) is 6. The Labute approximate surface area is 231 Å². The van der Waals surface area contributed by atoms with E-state index in [9.17, 15) is 23.9 Å². The first-order chi connectivity index (χ1) is 19.3. The van der Waals surface area contributed by atoms with Gasteiger partial charge in [0.05, 0.1) is 24.2 Å². The van der Waals surface area contributed by atoms with Gasteiger partial charge in [0.2, 0.25) is 5.91 Å². The van der Waals surface area contributed by atoms with Crippen LogP contribution in [-0.4, -0.2) is 53.8 Å². The molecule has 1 saturated heterocycles. The first kappa shape index (κ1) is 28.6. The Hall–Kier alpha value is -4.41. The monoisotopic (exact) mass is 545 g/mol. The average Bonchev–Trinajstić information content (AvgIpc) is 3.49. The highest BCUT2D eigenvalue weighted by Crippen LogP contribution is 2.30. The summed E-state index contributed by atoms with van der Waals surface area (Å²) in [7, 11) is 0. The number of carbonyl (C=O) groups is 3. The fraction of sp³-hybridized carbons (Fsp3) is 0.267. The second kappa shape index (κ2) is 13.1. The van der Waals surface area contributed by atoms with Crippen LogP contribution in [0.5, 0.6) is 0 Å². The van der Waals surface area contributed by atoms with Crippen molar-refractivity contribution in [1.82, 2.24) is 16.0 Å². The van der Waals surface area contributed by atoms with Crippen molar-refractivity contribution < 1.29 is 23.9 Å². The Kier molecular flexibility index (Phi) is 9.36. The number of nitrogen functional groups attached to an aromatic ring is 1. The molecule has 208 valence electrons. The van der Waals surface area contributed by atoms with Crippen LogP contribution in [0, 0.1) is 11.2 Å². The van der Waals surface area contributed by atoms with Crippen LogP contribution in [0.4, 0.5) is 4.39 Å². The van der Waals surface area contributed by atoms with Crippen molar-refractivity contribution in [3.8, 4) is 0 Å². The molecule has 1 amide bonds. The zero-order chi connectivity index (χ0) is 28.6. The zero-order valence-corrected chi connectivity index (χ0v) is 21.8. The van der Waals surface area contributed by atoms with Gasteiger partial charge in [-0.3, -0.25) is 25.1 Å². The second-order valence-electron chi connectivity index (χ2n) is 9.70. The van der Waals surface area contributed by atoms with Gasteiger partial charge >= 0.3 is 5.97 Å². The number of nitrogens with two attached hydrogens (primary N) is 1. The molecule has 1 unspecified atom stereocenters. The van der Waals surface area contributed by atoms with E-state index >= 15 is 0 Å². The zero-order valence-electron chi connectivity index (χ0n) is 21.8. The molecule has 0 aromatic heterocycles. The van der Waals surface area contributed by atoms with Crippen LogP contribution >= 0.6 is 0 Å². The number of carboxylic acids is 1. The number of Topliss-reactive ketones (excluding diaryl/α,β-unsaturated/α-hetero) is 1. The summed E-state index contributed by atoms with van der Waals surface area (Å²) >= 11 is 0. The first-order valence-electron chi connectivity index (χ1n) is 13.0. The first-order valence-corrected chi connectivity index (χ1v) is 13.0. The maximum atomic E-state index is 14.8. The SMILES string of the molecule is N=C(N)c1ccc(C(NC(=O)[C@H](NCC(=O)O)C(c2ccccc2)c2ccccc2)C(=O)[C@@H]2CCCN2)cc1F. The van der Waals surface area contributed by atoms with E-state index in [0.29, 0.717) is 13.0 Å². The van der Waals surface area contributed by atoms with E-state index in [2.05, 4.69) is 16.0 Å². The lowest BCUT2D eigenvalue weighted by Gasteiger charge is -2.30. The fourth-order valence-corrected chi connectivity index (χ4v) is 5.07. The normalized spacial score (nSPS) is 16.3. The third kappa shape index (κ3) is 6.77. The molecule has 3 aromatic rings. The van der Waals surface area contributed by atoms with E-state index < -0.39 is 54.1 Å². The number of nitrogens with one attached hydrogen (secondary N) is 4. The smallest absolute Gasteiger partial charge is 0.317 e. The van der Waals surface area contributed by atoms with Crippen LogP contribution in [-0.2, 0) is 14.4 Å². The number of carboxylic acid groups (broad SMARTS) is 1. The average molecular weight is 546 g/mol. The van der Waals surface area contributed by atoms with Crippen molar-refractivity contribution >= 4 is 23.5 Å². The van der Waals surface area contributed by atoms with Crippen molar-refractivity contribution in [1.29, 1.82) is 5.41 Å². The highest BCUT2D eigenvalue weighted by Gasteiger charge is 2.36. The predicted octanol–water partition coefficient (Wildman–Crippen LogP) is 2.46. The van der Waals surface area contributed by atoms with Gasteiger partial charge in [-0.1, -0.05) is 66.7 Å². The summed E-state index contributed by atoms with van der Waals surface area (Å²) in [4.78, 5) is 39.2. The Morgan fingerprint density at radius 3 is 2.12 bits per heavy atom. The molecule has 4 rings (SSSR count). The van der Waals surface area contributed by atoms with Gasteiger partial charge in [0.1, 0.15) is 17.7 Å². The van der Waals surface area contributed by atoms with Crippen molar-refractivity contribution in [3.63, 3.8) is 0 Å². The van der Waals surface area contributed by atoms with Crippen LogP contribution in [0.1, 0.15) is 47.1 Å². The van der Waals surface area contributed by atoms with Crippen LogP contribution in [0.3, 0.4) is 0 Å². The quantitative estimate of drug-likeness (QED) is 0.151. The van der Waals surface area contributed by atoms with Gasteiger partial charge in [-0.2, -0.15) is 0 Å². The molecule has 0 spiro atoms. The third-order valence-corrected chi connectivity index (χ3v) is 7.00. The molecule has 1 heterocycles. The van der Waals surface area contributed by atoms with E-state index in [1.165, 1.54) is 12.1 Å². The predicted molar refractivity (Wildman–Crippen MR) is 148 cm³/mol. The van der Waals surface area contributed by atoms with Crippen molar-refractivity contribution in [2.24, 2.45) is 5.73 Å². The maximum Gasteiger partial charge on any atom is 0.317 e. The fourth-order valence-electron chi connectivity index (χ4n) is 5.07. The topological polar surface area (TPSA) is 157 Å². The summed E-state index contributed by atoms with van der Waals surface area (Å²) in [6, 6.07) is 19.4. The molecule has 1 aliphatic heterocycles. The summed E-state index contributed by atoms with van der Waals surface area (Å²) in [5.74, 6) is -3.95. The molecule has 40 heavy (non-hydrogen) atoms. The maximum absolute atomic E-state index is 14.8. The number of carbonyl (C=O) groups excluding carboxylic acids is 2. The standard InChI is InChI=1S/C30H32FN5O4/c31-22-16-20(13-14-21(22)29(32)33)26(28(39)23-12-7-15-34-23)36-30(40)27(35-17-24(37)38)25(18-8-3-1-4-9-18)19-10-5-2-6-11-19/h1-6,8-11,13-14,16,23,25-27,34-35H,7,12,15,17H2,(H3,32,33)(H,36,40)(H,37,38)/t23-,26?,27+/m0/s1. The van der Waals surface area contributed by atoms with Crippen LogP contribution in [0.25, 0.3) is 0 Å². The molecule has 0 saturated carbocycles. The summed E-state index contributed by atoms with van der Waals surface area (Å²) in [6.45, 7) is 0.139. The van der Waals surface area contributed by atoms with Crippen LogP contribution < -0.4 is 21.7 Å². The van der Waals surface area contributed by atoms with Gasteiger partial charge in [-0.25, -0.2) is 4.39 Å². The molecule has 0 radical (unpaired) electrons. The van der Waals surface area contributed by atoms with Crippen LogP contribution in [0.2, 0.25) is 0 Å². The summed E-state index contributed by atoms with van der Waals surface area (Å²) in [5.41, 5.74) is 7.08. The number of ketones is 1. The van der Waals surface area contributed by atoms with E-state index in [4.69, 9.17) is 11.1 Å². The van der Waals surface area contributed by atoms with E-state index in [1.807, 2.05) is 60.7 Å². The largest absolute Gasteiger partial charge is 0.480 e. The minimum absolute atomic E-state index is 0.116. The van der Waals surface area contributed by atoms with E-state index in [1.54, 1.807) is 0 Å². The van der Waals surface area contributed by atoms with Crippen molar-refractivity contribution in [2.75, 3.05) is 13.1 Å². The molecule has 3 aromatic carbocycles. The molecular formula is C30H32FN5O4. The molecule has 9 nitrogen and oxygen atoms in total. The highest BCUT2D eigenvalue weighted by molar-refractivity contribution is 5.97. The molecular weight excluding hydrogens is 513 g/mol. The van der Waals surface area contributed by atoms with E-state index in [-0.39, 0.29) is 16.9 Å². The Bertz CT molecular complexity index is 1320. The molecule has 10 heteroatoms. The molecule has 7 N–H and O–H groups in total. The number of rotatable bonds is 12. The Morgan fingerprint density at radius 2 is 1.62 bits per heavy atom. The summed E-state index contributed by atoms with van der Waals surface area (Å²) < 4.78 is 14.8. The third-order valence-electron chi connectivity index (χ3n) is 7.00. The molecule has 1 fully saturated rings. The van der Waals surface area contributed by atoms with Gasteiger partial charge in [-0.05, 0) is 48.2 Å². The Morgan fingerprint density at radius 1 is 1.00 bits per heavy atom. The van der Waals surface area contributed by atoms with Crippen molar-refractivity contribution in [3.05, 3.63) is 107 Å². The number of amides is 1. The van der Waals surface area contributed by atoms with Gasteiger partial charge in [-0.15, -0.1) is 0 Å². The minimum Gasteiger partial charge on any atom is -0.480 e. The number of benzene rings is 3. The summed E-state index contributed by atoms with van der Waals surface area (Å²) in [5, 5.41) is 25.8. The summed E-state index contributed by atoms with van der Waals surface area (Å²) in [6.07, 6.45) is 1.35. The van der Waals surface area contributed by atoms with Crippen molar-refractivity contribution in [2.45, 2.75) is 36.9 Å². The molecule has 0 bridgehead atoms. The van der Waals surface area contributed by atoms with Gasteiger partial charge < -0.3 is 21.5 Å². The molecule has 3 atom stereocenters. The number of hydrogen-bond donors (Lipinski definition) is 6. The van der Waals surface area contributed by atoms with E-state index in [0.717, 1.165) is 23.6 Å². The minimum atomic E-state index is -1.22. The number of amidine groups is 1. The lowest BCUT2D eigenvalue weighted by Crippen LogP contribution is -2.52. The van der Waals surface area contributed by atoms with Gasteiger partial charge in [0, 0.05) is 5.92 Å². The Balaban J connectivity index is 1.74. The lowest BCUT2D eigenvalue weighted by molar-refractivity contribution is -0.136. The molecule has 0 aliphatic carbocycles. The lowest BCUT2D eigenvalue weighted by atomic mass is 9.84.